The lowest BCUT2D eigenvalue weighted by atomic mass is 10.1. The fourth-order valence-corrected chi connectivity index (χ4v) is 5.06. The highest BCUT2D eigenvalue weighted by molar-refractivity contribution is 5.87. The first-order valence-electron chi connectivity index (χ1n) is 12.2. The number of rotatable bonds is 7. The maximum Gasteiger partial charge on any atom is 0.245 e. The molecule has 2 atom stereocenters. The predicted molar refractivity (Wildman–Crippen MR) is 131 cm³/mol. The van der Waals surface area contributed by atoms with E-state index in [0.29, 0.717) is 19.5 Å². The fraction of sp³-hybridized carbons (Fsp3) is 0.481. The van der Waals surface area contributed by atoms with Crippen LogP contribution >= 0.6 is 0 Å². The van der Waals surface area contributed by atoms with Gasteiger partial charge in [0.15, 0.2) is 0 Å². The average Bonchev–Trinajstić information content (AvgIpc) is 3.11. The van der Waals surface area contributed by atoms with E-state index in [0.717, 1.165) is 45.6 Å². The SMILES string of the molecule is CC(=O)N1CC(N(CCc2ccccc2)Cc2ccccc2)CC1C(=O)N1CCCNCC1. The third kappa shape index (κ3) is 6.21. The number of nitrogens with zero attached hydrogens (tertiary/aromatic N) is 3. The zero-order chi connectivity index (χ0) is 23.0. The lowest BCUT2D eigenvalue weighted by molar-refractivity contribution is -0.142. The lowest BCUT2D eigenvalue weighted by Crippen LogP contribution is -2.48. The quantitative estimate of drug-likeness (QED) is 0.707. The van der Waals surface area contributed by atoms with Crippen molar-refractivity contribution in [2.75, 3.05) is 39.3 Å². The van der Waals surface area contributed by atoms with E-state index in [1.54, 1.807) is 6.92 Å². The Kier molecular flexibility index (Phi) is 8.13. The maximum absolute atomic E-state index is 13.5. The van der Waals surface area contributed by atoms with E-state index in [4.69, 9.17) is 0 Å². The molecule has 2 aliphatic heterocycles. The molecule has 2 aliphatic rings. The molecule has 0 bridgehead atoms. The minimum Gasteiger partial charge on any atom is -0.340 e. The largest absolute Gasteiger partial charge is 0.340 e. The van der Waals surface area contributed by atoms with Gasteiger partial charge in [-0.25, -0.2) is 0 Å². The number of hydrogen-bond donors (Lipinski definition) is 1. The molecule has 2 fully saturated rings. The summed E-state index contributed by atoms with van der Waals surface area (Å²) in [7, 11) is 0. The normalized spacial score (nSPS) is 21.3. The summed E-state index contributed by atoms with van der Waals surface area (Å²) in [5.41, 5.74) is 2.56. The molecular weight excluding hydrogens is 412 g/mol. The number of amides is 2. The van der Waals surface area contributed by atoms with Crippen molar-refractivity contribution >= 4 is 11.8 Å². The van der Waals surface area contributed by atoms with Crippen LogP contribution < -0.4 is 5.32 Å². The molecular formula is C27H36N4O2. The number of carbonyl (C=O) groups is 2. The summed E-state index contributed by atoms with van der Waals surface area (Å²) >= 11 is 0. The Hall–Kier alpha value is -2.70. The second-order valence-electron chi connectivity index (χ2n) is 9.20. The summed E-state index contributed by atoms with van der Waals surface area (Å²) in [4.78, 5) is 32.2. The van der Waals surface area contributed by atoms with Crippen LogP contribution in [0.5, 0.6) is 0 Å². The molecule has 2 aromatic rings. The lowest BCUT2D eigenvalue weighted by Gasteiger charge is -2.29. The van der Waals surface area contributed by atoms with Crippen molar-refractivity contribution in [1.29, 1.82) is 0 Å². The Bertz CT molecular complexity index is 897. The van der Waals surface area contributed by atoms with Crippen molar-refractivity contribution < 1.29 is 9.59 Å². The Morgan fingerprint density at radius 3 is 2.36 bits per heavy atom. The van der Waals surface area contributed by atoms with Crippen LogP contribution in [0, 0.1) is 0 Å². The van der Waals surface area contributed by atoms with Gasteiger partial charge in [-0.05, 0) is 36.9 Å². The van der Waals surface area contributed by atoms with Gasteiger partial charge in [0.25, 0.3) is 0 Å². The third-order valence-corrected chi connectivity index (χ3v) is 6.90. The molecule has 0 aliphatic carbocycles. The van der Waals surface area contributed by atoms with Crippen LogP contribution in [-0.2, 0) is 22.6 Å². The van der Waals surface area contributed by atoms with Crippen molar-refractivity contribution in [3.8, 4) is 0 Å². The summed E-state index contributed by atoms with van der Waals surface area (Å²) in [6.07, 6.45) is 2.60. The standard InChI is InChI=1S/C27H36N4O2/c1-22(32)31-21-25(19-26(31)27(33)29-16-8-14-28-15-18-29)30(20-24-11-6-3-7-12-24)17-13-23-9-4-2-5-10-23/h2-7,9-12,25-26,28H,8,13-21H2,1H3. The first-order chi connectivity index (χ1) is 16.1. The van der Waals surface area contributed by atoms with Crippen LogP contribution in [0.1, 0.15) is 30.9 Å². The van der Waals surface area contributed by atoms with Gasteiger partial charge in [-0.1, -0.05) is 60.7 Å². The van der Waals surface area contributed by atoms with Crippen LogP contribution in [0.3, 0.4) is 0 Å². The van der Waals surface area contributed by atoms with Gasteiger partial charge < -0.3 is 15.1 Å². The first kappa shape index (κ1) is 23.5. The van der Waals surface area contributed by atoms with Crippen LogP contribution in [0.15, 0.2) is 60.7 Å². The van der Waals surface area contributed by atoms with Gasteiger partial charge in [0.2, 0.25) is 11.8 Å². The third-order valence-electron chi connectivity index (χ3n) is 6.90. The smallest absolute Gasteiger partial charge is 0.245 e. The van der Waals surface area contributed by atoms with E-state index in [9.17, 15) is 9.59 Å². The molecule has 2 heterocycles. The maximum atomic E-state index is 13.5. The zero-order valence-corrected chi connectivity index (χ0v) is 19.7. The molecule has 4 rings (SSSR count). The van der Waals surface area contributed by atoms with Crippen molar-refractivity contribution in [2.24, 2.45) is 0 Å². The summed E-state index contributed by atoms with van der Waals surface area (Å²) < 4.78 is 0. The molecule has 176 valence electrons. The molecule has 2 saturated heterocycles. The van der Waals surface area contributed by atoms with E-state index in [2.05, 4.69) is 58.7 Å². The Morgan fingerprint density at radius 2 is 1.67 bits per heavy atom. The minimum atomic E-state index is -0.361. The van der Waals surface area contributed by atoms with E-state index in [-0.39, 0.29) is 23.9 Å². The van der Waals surface area contributed by atoms with Crippen LogP contribution in [0.4, 0.5) is 0 Å². The van der Waals surface area contributed by atoms with Crippen molar-refractivity contribution in [1.82, 2.24) is 20.0 Å². The molecule has 0 spiro atoms. The number of nitrogens with one attached hydrogen (secondary N) is 1. The number of benzene rings is 2. The molecule has 1 N–H and O–H groups in total. The van der Waals surface area contributed by atoms with Crippen LogP contribution in [0.2, 0.25) is 0 Å². The Morgan fingerprint density at radius 1 is 0.970 bits per heavy atom. The first-order valence-corrected chi connectivity index (χ1v) is 12.2. The molecule has 2 amide bonds. The topological polar surface area (TPSA) is 55.9 Å². The molecule has 2 unspecified atom stereocenters. The monoisotopic (exact) mass is 448 g/mol. The Labute approximate surface area is 197 Å². The van der Waals surface area contributed by atoms with Gasteiger partial charge >= 0.3 is 0 Å². The molecule has 0 aromatic heterocycles. The van der Waals surface area contributed by atoms with Gasteiger partial charge in [0.05, 0.1) is 0 Å². The van der Waals surface area contributed by atoms with E-state index < -0.39 is 0 Å². The van der Waals surface area contributed by atoms with Crippen molar-refractivity contribution in [2.45, 2.75) is 44.8 Å². The zero-order valence-electron chi connectivity index (χ0n) is 19.7. The molecule has 0 saturated carbocycles. The molecule has 6 heteroatoms. The van der Waals surface area contributed by atoms with E-state index in [1.165, 1.54) is 11.1 Å². The summed E-state index contributed by atoms with van der Waals surface area (Å²) in [6, 6.07) is 20.8. The molecule has 6 nitrogen and oxygen atoms in total. The van der Waals surface area contributed by atoms with E-state index in [1.807, 2.05) is 21.9 Å². The highest BCUT2D eigenvalue weighted by Crippen LogP contribution is 2.26. The molecule has 0 radical (unpaired) electrons. The Balaban J connectivity index is 1.51. The summed E-state index contributed by atoms with van der Waals surface area (Å²) in [5.74, 6) is 0.102. The molecule has 33 heavy (non-hydrogen) atoms. The fourth-order valence-electron chi connectivity index (χ4n) is 5.06. The van der Waals surface area contributed by atoms with Gasteiger partial charge in [-0.15, -0.1) is 0 Å². The number of hydrogen-bond acceptors (Lipinski definition) is 4. The summed E-state index contributed by atoms with van der Waals surface area (Å²) in [6.45, 7) is 7.16. The van der Waals surface area contributed by atoms with E-state index >= 15 is 0 Å². The number of likely N-dealkylation sites (tertiary alicyclic amines) is 1. The second-order valence-corrected chi connectivity index (χ2v) is 9.20. The highest BCUT2D eigenvalue weighted by Gasteiger charge is 2.42. The molecule has 2 aromatic carbocycles. The number of carbonyl (C=O) groups excluding carboxylic acids is 2. The second kappa shape index (κ2) is 11.4. The minimum absolute atomic E-state index is 0.00785. The van der Waals surface area contributed by atoms with Crippen LogP contribution in [0.25, 0.3) is 0 Å². The van der Waals surface area contributed by atoms with Gasteiger partial charge in [0.1, 0.15) is 6.04 Å². The van der Waals surface area contributed by atoms with Gasteiger partial charge in [-0.3, -0.25) is 14.5 Å². The van der Waals surface area contributed by atoms with Crippen molar-refractivity contribution in [3.63, 3.8) is 0 Å². The predicted octanol–water partition coefficient (Wildman–Crippen LogP) is 2.54. The van der Waals surface area contributed by atoms with Gasteiger partial charge in [0, 0.05) is 52.2 Å². The van der Waals surface area contributed by atoms with Crippen molar-refractivity contribution in [3.05, 3.63) is 71.8 Å². The highest BCUT2D eigenvalue weighted by atomic mass is 16.2. The van der Waals surface area contributed by atoms with Crippen LogP contribution in [-0.4, -0.2) is 77.9 Å². The van der Waals surface area contributed by atoms with Gasteiger partial charge in [-0.2, -0.15) is 0 Å². The summed E-state index contributed by atoms with van der Waals surface area (Å²) in [5, 5.41) is 3.36. The average molecular weight is 449 g/mol.